The lowest BCUT2D eigenvalue weighted by Crippen LogP contribution is -2.27. The minimum absolute atomic E-state index is 0.197. The van der Waals surface area contributed by atoms with Crippen LogP contribution in [-0.4, -0.2) is 44.1 Å². The van der Waals surface area contributed by atoms with Crippen molar-refractivity contribution in [1.29, 1.82) is 0 Å². The van der Waals surface area contributed by atoms with Crippen molar-refractivity contribution in [2.75, 3.05) is 33.2 Å². The lowest BCUT2D eigenvalue weighted by atomic mass is 10.1. The maximum absolute atomic E-state index is 11.4. The first-order valence-corrected chi connectivity index (χ1v) is 9.63. The molecule has 27 heavy (non-hydrogen) atoms. The number of rotatable bonds is 7. The van der Waals surface area contributed by atoms with Gasteiger partial charge < -0.3 is 14.2 Å². The average Bonchev–Trinajstić information content (AvgIpc) is 3.14. The third-order valence-corrected chi connectivity index (χ3v) is 5.26. The number of carbonyl (C=O) groups is 1. The van der Waals surface area contributed by atoms with Crippen molar-refractivity contribution < 1.29 is 19.0 Å². The number of ether oxygens (including phenoxy) is 3. The lowest BCUT2D eigenvalue weighted by Gasteiger charge is -2.10. The Morgan fingerprint density at radius 2 is 1.93 bits per heavy atom. The first-order valence-electron chi connectivity index (χ1n) is 8.64. The standard InChI is InChI=1S/C21H23NO4S/c1-24-18-4-3-5-19(11-18)26-14-17-8-6-16(7-9-17)10-20-12-22(15-27-20)13-21(23)25-2/h3-11H,12-15H2,1-2H3. The molecule has 0 amide bonds. The number of benzene rings is 2. The molecular weight excluding hydrogens is 362 g/mol. The van der Waals surface area contributed by atoms with Gasteiger partial charge in [0, 0.05) is 23.4 Å². The van der Waals surface area contributed by atoms with Crippen LogP contribution < -0.4 is 9.47 Å². The van der Waals surface area contributed by atoms with Crippen molar-refractivity contribution in [3.8, 4) is 11.5 Å². The van der Waals surface area contributed by atoms with Crippen LogP contribution in [-0.2, 0) is 16.1 Å². The van der Waals surface area contributed by atoms with Gasteiger partial charge in [0.2, 0.25) is 0 Å². The third-order valence-electron chi connectivity index (χ3n) is 4.15. The maximum Gasteiger partial charge on any atom is 0.319 e. The Hall–Kier alpha value is -2.44. The zero-order chi connectivity index (χ0) is 19.1. The van der Waals surface area contributed by atoms with E-state index in [0.29, 0.717) is 13.2 Å². The van der Waals surface area contributed by atoms with Crippen molar-refractivity contribution in [2.24, 2.45) is 0 Å². The second kappa shape index (κ2) is 9.48. The molecule has 0 unspecified atom stereocenters. The smallest absolute Gasteiger partial charge is 0.319 e. The molecule has 3 rings (SSSR count). The second-order valence-electron chi connectivity index (χ2n) is 6.16. The Morgan fingerprint density at radius 3 is 2.67 bits per heavy atom. The van der Waals surface area contributed by atoms with Crippen LogP contribution in [0.4, 0.5) is 0 Å². The highest BCUT2D eigenvalue weighted by molar-refractivity contribution is 8.03. The number of carbonyl (C=O) groups excluding carboxylic acids is 1. The number of esters is 1. The molecule has 0 aromatic heterocycles. The molecule has 0 saturated carbocycles. The van der Waals surface area contributed by atoms with Crippen LogP contribution in [0.2, 0.25) is 0 Å². The molecule has 6 heteroatoms. The molecule has 1 saturated heterocycles. The van der Waals surface area contributed by atoms with Gasteiger partial charge in [0.15, 0.2) is 0 Å². The molecule has 2 aromatic carbocycles. The van der Waals surface area contributed by atoms with Gasteiger partial charge in [-0.1, -0.05) is 30.3 Å². The van der Waals surface area contributed by atoms with Crippen LogP contribution in [0.25, 0.3) is 6.08 Å². The minimum atomic E-state index is -0.197. The summed E-state index contributed by atoms with van der Waals surface area (Å²) in [7, 11) is 3.06. The Morgan fingerprint density at radius 1 is 1.15 bits per heavy atom. The number of hydrogen-bond donors (Lipinski definition) is 0. The first-order chi connectivity index (χ1) is 13.2. The highest BCUT2D eigenvalue weighted by Crippen LogP contribution is 2.28. The molecule has 5 nitrogen and oxygen atoms in total. The molecule has 0 aliphatic carbocycles. The Labute approximate surface area is 163 Å². The lowest BCUT2D eigenvalue weighted by molar-refractivity contribution is -0.141. The number of thioether (sulfide) groups is 1. The monoisotopic (exact) mass is 385 g/mol. The average molecular weight is 385 g/mol. The molecule has 2 aromatic rings. The fourth-order valence-corrected chi connectivity index (χ4v) is 3.70. The molecule has 1 heterocycles. The molecular formula is C21H23NO4S. The summed E-state index contributed by atoms with van der Waals surface area (Å²) < 4.78 is 15.7. The van der Waals surface area contributed by atoms with Crippen molar-refractivity contribution in [1.82, 2.24) is 4.90 Å². The summed E-state index contributed by atoms with van der Waals surface area (Å²) >= 11 is 1.76. The van der Waals surface area contributed by atoms with E-state index in [1.807, 2.05) is 24.3 Å². The van der Waals surface area contributed by atoms with E-state index in [4.69, 9.17) is 14.2 Å². The summed E-state index contributed by atoms with van der Waals surface area (Å²) in [4.78, 5) is 14.7. The Bertz CT molecular complexity index is 804. The van der Waals surface area contributed by atoms with Crippen LogP contribution in [0.3, 0.4) is 0 Å². The Kier molecular flexibility index (Phi) is 6.79. The number of nitrogens with zero attached hydrogens (tertiary/aromatic N) is 1. The van der Waals surface area contributed by atoms with Crippen molar-refractivity contribution >= 4 is 23.8 Å². The second-order valence-corrected chi connectivity index (χ2v) is 7.23. The highest BCUT2D eigenvalue weighted by Gasteiger charge is 2.19. The van der Waals surface area contributed by atoms with Crippen molar-refractivity contribution in [2.45, 2.75) is 6.61 Å². The molecule has 0 spiro atoms. The molecule has 142 valence electrons. The van der Waals surface area contributed by atoms with Gasteiger partial charge in [-0.3, -0.25) is 9.69 Å². The predicted octanol–water partition coefficient (Wildman–Crippen LogP) is 3.79. The van der Waals surface area contributed by atoms with Gasteiger partial charge >= 0.3 is 5.97 Å². The molecule has 0 atom stereocenters. The summed E-state index contributed by atoms with van der Waals surface area (Å²) in [5.74, 6) is 2.18. The van der Waals surface area contributed by atoms with Gasteiger partial charge in [-0.2, -0.15) is 0 Å². The van der Waals surface area contributed by atoms with Crippen LogP contribution in [0, 0.1) is 0 Å². The molecule has 1 aliphatic heterocycles. The minimum Gasteiger partial charge on any atom is -0.497 e. The largest absolute Gasteiger partial charge is 0.497 e. The molecule has 0 radical (unpaired) electrons. The predicted molar refractivity (Wildman–Crippen MR) is 108 cm³/mol. The molecule has 0 N–H and O–H groups in total. The summed E-state index contributed by atoms with van der Waals surface area (Å²) in [5.41, 5.74) is 2.24. The number of hydrogen-bond acceptors (Lipinski definition) is 6. The first kappa shape index (κ1) is 19.3. The summed E-state index contributed by atoms with van der Waals surface area (Å²) in [6.45, 7) is 1.62. The topological polar surface area (TPSA) is 48.0 Å². The van der Waals surface area contributed by atoms with E-state index in [0.717, 1.165) is 35.0 Å². The molecule has 1 fully saturated rings. The SMILES string of the molecule is COC(=O)CN1CSC(=Cc2ccc(COc3cccc(OC)c3)cc2)C1. The summed E-state index contributed by atoms with van der Waals surface area (Å²) in [6.07, 6.45) is 2.16. The van der Waals surface area contributed by atoms with Crippen LogP contribution in [0.1, 0.15) is 11.1 Å². The molecule has 0 bridgehead atoms. The van der Waals surface area contributed by atoms with Gasteiger partial charge in [-0.05, 0) is 29.3 Å². The fourth-order valence-electron chi connectivity index (χ4n) is 2.68. The van der Waals surface area contributed by atoms with Gasteiger partial charge in [-0.15, -0.1) is 11.8 Å². The van der Waals surface area contributed by atoms with E-state index < -0.39 is 0 Å². The van der Waals surface area contributed by atoms with E-state index in [2.05, 4.69) is 35.2 Å². The van der Waals surface area contributed by atoms with E-state index in [-0.39, 0.29) is 5.97 Å². The van der Waals surface area contributed by atoms with Crippen molar-refractivity contribution in [3.63, 3.8) is 0 Å². The van der Waals surface area contributed by atoms with Crippen LogP contribution in [0.5, 0.6) is 11.5 Å². The summed E-state index contributed by atoms with van der Waals surface area (Å²) in [5, 5.41) is 0. The normalized spacial score (nSPS) is 15.7. The van der Waals surface area contributed by atoms with E-state index in [9.17, 15) is 4.79 Å². The van der Waals surface area contributed by atoms with Crippen LogP contribution in [0.15, 0.2) is 53.4 Å². The quantitative estimate of drug-likeness (QED) is 0.676. The van der Waals surface area contributed by atoms with Gasteiger partial charge in [-0.25, -0.2) is 0 Å². The highest BCUT2D eigenvalue weighted by atomic mass is 32.2. The van der Waals surface area contributed by atoms with Gasteiger partial charge in [0.25, 0.3) is 0 Å². The van der Waals surface area contributed by atoms with E-state index in [1.54, 1.807) is 18.9 Å². The zero-order valence-corrected chi connectivity index (χ0v) is 16.3. The Balaban J connectivity index is 1.53. The van der Waals surface area contributed by atoms with Gasteiger partial charge in [0.05, 0.1) is 20.8 Å². The number of methoxy groups -OCH3 is 2. The van der Waals surface area contributed by atoms with Crippen molar-refractivity contribution in [3.05, 3.63) is 64.6 Å². The van der Waals surface area contributed by atoms with Gasteiger partial charge in [0.1, 0.15) is 18.1 Å². The third kappa shape index (κ3) is 5.77. The fraction of sp³-hybridized carbons (Fsp3) is 0.286. The zero-order valence-electron chi connectivity index (χ0n) is 15.5. The maximum atomic E-state index is 11.4. The van der Waals surface area contributed by atoms with E-state index >= 15 is 0 Å². The van der Waals surface area contributed by atoms with Crippen LogP contribution >= 0.6 is 11.8 Å². The molecule has 1 aliphatic rings. The van der Waals surface area contributed by atoms with E-state index in [1.165, 1.54) is 12.0 Å². The summed E-state index contributed by atoms with van der Waals surface area (Å²) in [6, 6.07) is 15.9.